The maximum atomic E-state index is 11.6. The molecule has 0 unspecified atom stereocenters. The van der Waals surface area contributed by atoms with Crippen LogP contribution < -0.4 is 11.1 Å². The highest BCUT2D eigenvalue weighted by molar-refractivity contribution is 5.76. The molecule has 0 atom stereocenters. The molecule has 1 amide bonds. The first-order chi connectivity index (χ1) is 8.72. The molecular weight excluding hydrogens is 228 g/mol. The highest BCUT2D eigenvalue weighted by atomic mass is 16.5. The van der Waals surface area contributed by atoms with E-state index in [0.717, 1.165) is 30.7 Å². The molecule has 0 saturated carbocycles. The molecule has 4 heteroatoms. The molecule has 0 saturated heterocycles. The number of benzene rings is 1. The zero-order valence-corrected chi connectivity index (χ0v) is 10.9. The summed E-state index contributed by atoms with van der Waals surface area (Å²) in [7, 11) is 0. The van der Waals surface area contributed by atoms with Crippen molar-refractivity contribution >= 4 is 11.6 Å². The molecule has 0 aliphatic rings. The van der Waals surface area contributed by atoms with E-state index in [2.05, 4.69) is 5.32 Å². The number of ether oxygens (including phenoxy) is 1. The highest BCUT2D eigenvalue weighted by Crippen LogP contribution is 2.08. The van der Waals surface area contributed by atoms with Gasteiger partial charge < -0.3 is 15.8 Å². The molecule has 1 rings (SSSR count). The molecule has 1 aromatic rings. The van der Waals surface area contributed by atoms with E-state index >= 15 is 0 Å². The predicted octanol–water partition coefficient (Wildman–Crippen LogP) is 1.74. The Bertz CT molecular complexity index is 367. The Balaban J connectivity index is 2.13. The van der Waals surface area contributed by atoms with Crippen molar-refractivity contribution in [1.29, 1.82) is 0 Å². The minimum absolute atomic E-state index is 0.0777. The second-order valence-electron chi connectivity index (χ2n) is 4.15. The van der Waals surface area contributed by atoms with Gasteiger partial charge in [0.1, 0.15) is 0 Å². The monoisotopic (exact) mass is 250 g/mol. The summed E-state index contributed by atoms with van der Waals surface area (Å²) in [4.78, 5) is 11.6. The van der Waals surface area contributed by atoms with Crippen LogP contribution in [0.25, 0.3) is 0 Å². The van der Waals surface area contributed by atoms with Gasteiger partial charge in [-0.3, -0.25) is 4.79 Å². The molecule has 0 heterocycles. The van der Waals surface area contributed by atoms with Gasteiger partial charge in [-0.15, -0.1) is 0 Å². The molecule has 3 N–H and O–H groups in total. The molecule has 0 radical (unpaired) electrons. The van der Waals surface area contributed by atoms with Crippen LogP contribution in [-0.4, -0.2) is 25.7 Å². The predicted molar refractivity (Wildman–Crippen MR) is 73.3 cm³/mol. The SMILES string of the molecule is CCOCCCNC(=O)CCc1cccc(N)c1. The zero-order chi connectivity index (χ0) is 13.2. The summed E-state index contributed by atoms with van der Waals surface area (Å²) < 4.78 is 5.19. The van der Waals surface area contributed by atoms with Crippen LogP contribution in [0.1, 0.15) is 25.3 Å². The van der Waals surface area contributed by atoms with Crippen LogP contribution in [0.15, 0.2) is 24.3 Å². The number of carbonyl (C=O) groups is 1. The van der Waals surface area contributed by atoms with Gasteiger partial charge in [0.25, 0.3) is 0 Å². The van der Waals surface area contributed by atoms with Crippen LogP contribution in [0.3, 0.4) is 0 Å². The lowest BCUT2D eigenvalue weighted by Gasteiger charge is -2.06. The van der Waals surface area contributed by atoms with Crippen molar-refractivity contribution in [3.05, 3.63) is 29.8 Å². The maximum absolute atomic E-state index is 11.6. The lowest BCUT2D eigenvalue weighted by Crippen LogP contribution is -2.25. The minimum Gasteiger partial charge on any atom is -0.399 e. The van der Waals surface area contributed by atoms with Crippen molar-refractivity contribution in [3.8, 4) is 0 Å². The number of amides is 1. The van der Waals surface area contributed by atoms with Crippen LogP contribution in [0.5, 0.6) is 0 Å². The summed E-state index contributed by atoms with van der Waals surface area (Å²) in [6.07, 6.45) is 2.08. The van der Waals surface area contributed by atoms with Gasteiger partial charge in [-0.1, -0.05) is 12.1 Å². The Morgan fingerprint density at radius 3 is 3.00 bits per heavy atom. The molecule has 0 aliphatic heterocycles. The second-order valence-corrected chi connectivity index (χ2v) is 4.15. The van der Waals surface area contributed by atoms with Gasteiger partial charge in [0.05, 0.1) is 0 Å². The van der Waals surface area contributed by atoms with E-state index in [1.807, 2.05) is 31.2 Å². The van der Waals surface area contributed by atoms with Crippen LogP contribution in [0.2, 0.25) is 0 Å². The van der Waals surface area contributed by atoms with Crippen molar-refractivity contribution in [3.63, 3.8) is 0 Å². The Morgan fingerprint density at radius 1 is 1.44 bits per heavy atom. The first-order valence-electron chi connectivity index (χ1n) is 6.41. The molecular formula is C14H22N2O2. The summed E-state index contributed by atoms with van der Waals surface area (Å²) in [5.41, 5.74) is 7.51. The van der Waals surface area contributed by atoms with E-state index in [1.165, 1.54) is 0 Å². The van der Waals surface area contributed by atoms with Crippen molar-refractivity contribution in [2.45, 2.75) is 26.2 Å². The Labute approximate surface area is 109 Å². The minimum atomic E-state index is 0.0777. The summed E-state index contributed by atoms with van der Waals surface area (Å²) in [5, 5.41) is 2.88. The molecule has 0 spiro atoms. The third kappa shape index (κ3) is 6.25. The van der Waals surface area contributed by atoms with Gasteiger partial charge in [0, 0.05) is 31.9 Å². The van der Waals surface area contributed by atoms with Gasteiger partial charge in [-0.2, -0.15) is 0 Å². The third-order valence-electron chi connectivity index (χ3n) is 2.58. The molecule has 4 nitrogen and oxygen atoms in total. The smallest absolute Gasteiger partial charge is 0.220 e. The average molecular weight is 250 g/mol. The number of nitrogens with two attached hydrogens (primary N) is 1. The van der Waals surface area contributed by atoms with Gasteiger partial charge in [0.2, 0.25) is 5.91 Å². The third-order valence-corrected chi connectivity index (χ3v) is 2.58. The van der Waals surface area contributed by atoms with Gasteiger partial charge in [0.15, 0.2) is 0 Å². The fourth-order valence-electron chi connectivity index (χ4n) is 1.64. The fourth-order valence-corrected chi connectivity index (χ4v) is 1.64. The van der Waals surface area contributed by atoms with E-state index in [-0.39, 0.29) is 5.91 Å². The van der Waals surface area contributed by atoms with Crippen LogP contribution in [0, 0.1) is 0 Å². The number of nitrogen functional groups attached to an aromatic ring is 1. The summed E-state index contributed by atoms with van der Waals surface area (Å²) in [6.45, 7) is 4.06. The van der Waals surface area contributed by atoms with Gasteiger partial charge in [-0.25, -0.2) is 0 Å². The van der Waals surface area contributed by atoms with E-state index in [4.69, 9.17) is 10.5 Å². The lowest BCUT2D eigenvalue weighted by atomic mass is 10.1. The quantitative estimate of drug-likeness (QED) is 0.545. The molecule has 0 aliphatic carbocycles. The van der Waals surface area contributed by atoms with Crippen LogP contribution in [-0.2, 0) is 16.0 Å². The first kappa shape index (κ1) is 14.5. The van der Waals surface area contributed by atoms with Crippen molar-refractivity contribution in [1.82, 2.24) is 5.32 Å². The number of anilines is 1. The number of hydrogen-bond acceptors (Lipinski definition) is 3. The Kier molecular flexibility index (Phi) is 6.87. The normalized spacial score (nSPS) is 10.3. The van der Waals surface area contributed by atoms with Crippen LogP contribution >= 0.6 is 0 Å². The number of hydrogen-bond donors (Lipinski definition) is 2. The first-order valence-corrected chi connectivity index (χ1v) is 6.41. The number of carbonyl (C=O) groups excluding carboxylic acids is 1. The van der Waals surface area contributed by atoms with Crippen molar-refractivity contribution in [2.24, 2.45) is 0 Å². The topological polar surface area (TPSA) is 64.3 Å². The van der Waals surface area contributed by atoms with E-state index < -0.39 is 0 Å². The van der Waals surface area contributed by atoms with E-state index in [9.17, 15) is 4.79 Å². The van der Waals surface area contributed by atoms with Gasteiger partial charge in [-0.05, 0) is 37.5 Å². The molecule has 100 valence electrons. The fraction of sp³-hybridized carbons (Fsp3) is 0.500. The van der Waals surface area contributed by atoms with E-state index in [0.29, 0.717) is 19.6 Å². The Hall–Kier alpha value is -1.55. The molecule has 0 fully saturated rings. The van der Waals surface area contributed by atoms with Crippen molar-refractivity contribution in [2.75, 3.05) is 25.5 Å². The van der Waals surface area contributed by atoms with Gasteiger partial charge >= 0.3 is 0 Å². The summed E-state index contributed by atoms with van der Waals surface area (Å²) >= 11 is 0. The number of rotatable bonds is 8. The molecule has 0 bridgehead atoms. The molecule has 1 aromatic carbocycles. The number of nitrogens with one attached hydrogen (secondary N) is 1. The number of aryl methyl sites for hydroxylation is 1. The summed E-state index contributed by atoms with van der Waals surface area (Å²) in [6, 6.07) is 7.64. The lowest BCUT2D eigenvalue weighted by molar-refractivity contribution is -0.121. The maximum Gasteiger partial charge on any atom is 0.220 e. The van der Waals surface area contributed by atoms with E-state index in [1.54, 1.807) is 0 Å². The zero-order valence-electron chi connectivity index (χ0n) is 10.9. The largest absolute Gasteiger partial charge is 0.399 e. The second kappa shape index (κ2) is 8.53. The average Bonchev–Trinajstić information content (AvgIpc) is 2.36. The van der Waals surface area contributed by atoms with Crippen LogP contribution in [0.4, 0.5) is 5.69 Å². The molecule has 0 aromatic heterocycles. The van der Waals surface area contributed by atoms with Crippen molar-refractivity contribution < 1.29 is 9.53 Å². The highest BCUT2D eigenvalue weighted by Gasteiger charge is 2.01. The molecule has 18 heavy (non-hydrogen) atoms. The standard InChI is InChI=1S/C14H22N2O2/c1-2-18-10-4-9-16-14(17)8-7-12-5-3-6-13(15)11-12/h3,5-6,11H,2,4,7-10,15H2,1H3,(H,16,17). The Morgan fingerprint density at radius 2 is 2.28 bits per heavy atom. The summed E-state index contributed by atoms with van der Waals surface area (Å²) in [5.74, 6) is 0.0777.